The van der Waals surface area contributed by atoms with Crippen molar-refractivity contribution in [2.45, 2.75) is 18.2 Å². The summed E-state index contributed by atoms with van der Waals surface area (Å²) < 4.78 is 4.45. The van der Waals surface area contributed by atoms with Gasteiger partial charge in [0.1, 0.15) is 4.33 Å². The summed E-state index contributed by atoms with van der Waals surface area (Å²) in [6.07, 6.45) is 0. The maximum atomic E-state index is 5.30. The molecule has 0 saturated carbocycles. The topological polar surface area (TPSA) is 21.3 Å². The minimum Gasteiger partial charge on any atom is -0.379 e. The lowest BCUT2D eigenvalue weighted by atomic mass is 10.5. The zero-order chi connectivity index (χ0) is 8.74. The monoisotopic (exact) mass is 199 g/mol. The first kappa shape index (κ1) is 11.5. The van der Waals surface area contributed by atoms with Crippen molar-refractivity contribution in [2.24, 2.45) is 0 Å². The summed E-state index contributed by atoms with van der Waals surface area (Å²) in [5.41, 5.74) is 0. The molecule has 1 heterocycles. The van der Waals surface area contributed by atoms with Gasteiger partial charge in [-0.3, -0.25) is 0 Å². The number of hydrogen-bond donors (Lipinski definition) is 1. The molecule has 0 unspecified atom stereocenters. The molecule has 1 aliphatic rings. The molecule has 11 heavy (non-hydrogen) atoms. The minimum atomic E-state index is -0.556. The van der Waals surface area contributed by atoms with Crippen molar-refractivity contribution in [3.8, 4) is 0 Å². The van der Waals surface area contributed by atoms with Crippen LogP contribution in [0.25, 0.3) is 0 Å². The molecular formula is C7H15Cl2NO. The van der Waals surface area contributed by atoms with Crippen molar-refractivity contribution >= 4 is 23.2 Å². The Morgan fingerprint density at radius 1 is 1.18 bits per heavy atom. The normalized spacial score (nSPS) is 18.5. The Labute approximate surface area is 78.2 Å². The van der Waals surface area contributed by atoms with Gasteiger partial charge in [-0.15, -0.1) is 23.2 Å². The maximum Gasteiger partial charge on any atom is 0.112 e. The minimum absolute atomic E-state index is 0.556. The van der Waals surface area contributed by atoms with E-state index in [-0.39, 0.29) is 0 Å². The molecule has 1 N–H and O–H groups in total. The zero-order valence-corrected chi connectivity index (χ0v) is 8.50. The van der Waals surface area contributed by atoms with Crippen LogP contribution in [0.1, 0.15) is 13.8 Å². The van der Waals surface area contributed by atoms with Gasteiger partial charge in [0, 0.05) is 13.1 Å². The predicted octanol–water partition coefficient (Wildman–Crippen LogP) is 1.81. The Morgan fingerprint density at radius 2 is 1.55 bits per heavy atom. The molecule has 0 aliphatic carbocycles. The van der Waals surface area contributed by atoms with E-state index in [9.17, 15) is 0 Å². The summed E-state index contributed by atoms with van der Waals surface area (Å²) in [5.74, 6) is 0. The first-order valence-electron chi connectivity index (χ1n) is 3.66. The third kappa shape index (κ3) is 18.0. The number of halogens is 2. The maximum absolute atomic E-state index is 5.30. The number of nitrogens with one attached hydrogen (secondary N) is 1. The van der Waals surface area contributed by atoms with E-state index in [1.165, 1.54) is 0 Å². The molecule has 1 aliphatic heterocycles. The number of hydrogen-bond acceptors (Lipinski definition) is 2. The molecule has 4 heteroatoms. The van der Waals surface area contributed by atoms with E-state index in [0.717, 1.165) is 26.3 Å². The second-order valence-electron chi connectivity index (χ2n) is 2.69. The molecule has 68 valence electrons. The van der Waals surface area contributed by atoms with E-state index in [2.05, 4.69) is 5.32 Å². The van der Waals surface area contributed by atoms with E-state index >= 15 is 0 Å². The standard InChI is InChI=1S/C4H9NO.C3H6Cl2/c1-3-6-4-2-5-1;1-3(2,4)5/h5H,1-4H2;1-2H3. The average Bonchev–Trinajstić information content (AvgIpc) is 1.88. The largest absolute Gasteiger partial charge is 0.379 e. The highest BCUT2D eigenvalue weighted by atomic mass is 35.5. The van der Waals surface area contributed by atoms with Crippen LogP contribution in [0.15, 0.2) is 0 Å². The van der Waals surface area contributed by atoms with E-state index < -0.39 is 4.33 Å². The highest BCUT2D eigenvalue weighted by Crippen LogP contribution is 2.16. The van der Waals surface area contributed by atoms with Crippen LogP contribution in [0.5, 0.6) is 0 Å². The summed E-state index contributed by atoms with van der Waals surface area (Å²) in [6.45, 7) is 7.27. The van der Waals surface area contributed by atoms with Crippen LogP contribution in [0.3, 0.4) is 0 Å². The molecule has 0 aromatic rings. The van der Waals surface area contributed by atoms with Crippen LogP contribution in [0.4, 0.5) is 0 Å². The van der Waals surface area contributed by atoms with E-state index in [1.807, 2.05) is 0 Å². The van der Waals surface area contributed by atoms with Crippen LogP contribution >= 0.6 is 23.2 Å². The van der Waals surface area contributed by atoms with Gasteiger partial charge in [0.2, 0.25) is 0 Å². The van der Waals surface area contributed by atoms with Crippen molar-refractivity contribution in [1.82, 2.24) is 5.32 Å². The van der Waals surface area contributed by atoms with Gasteiger partial charge in [0.25, 0.3) is 0 Å². The second kappa shape index (κ2) is 6.06. The molecule has 0 spiro atoms. The molecule has 0 radical (unpaired) electrons. The van der Waals surface area contributed by atoms with Gasteiger partial charge in [-0.1, -0.05) is 0 Å². The fourth-order valence-corrected chi connectivity index (χ4v) is 0.516. The van der Waals surface area contributed by atoms with E-state index in [4.69, 9.17) is 27.9 Å². The van der Waals surface area contributed by atoms with Crippen molar-refractivity contribution in [1.29, 1.82) is 0 Å². The smallest absolute Gasteiger partial charge is 0.112 e. The first-order chi connectivity index (χ1) is 5.00. The van der Waals surface area contributed by atoms with Crippen LogP contribution < -0.4 is 5.32 Å². The van der Waals surface area contributed by atoms with Gasteiger partial charge < -0.3 is 10.1 Å². The molecule has 1 fully saturated rings. The molecule has 0 aromatic carbocycles. The molecule has 0 amide bonds. The lowest BCUT2D eigenvalue weighted by Gasteiger charge is -2.10. The number of ether oxygens (including phenoxy) is 1. The summed E-state index contributed by atoms with van der Waals surface area (Å²) in [5, 5.41) is 3.16. The summed E-state index contributed by atoms with van der Waals surface area (Å²) in [6, 6.07) is 0. The summed E-state index contributed by atoms with van der Waals surface area (Å²) >= 11 is 10.6. The van der Waals surface area contributed by atoms with Gasteiger partial charge in [-0.2, -0.15) is 0 Å². The molecule has 0 bridgehead atoms. The predicted molar refractivity (Wildman–Crippen MR) is 49.5 cm³/mol. The van der Waals surface area contributed by atoms with E-state index in [1.54, 1.807) is 13.8 Å². The van der Waals surface area contributed by atoms with Crippen molar-refractivity contribution in [3.05, 3.63) is 0 Å². The SMILES string of the molecule is C1COCCN1.CC(C)(Cl)Cl. The molecule has 0 atom stereocenters. The number of morpholine rings is 1. The van der Waals surface area contributed by atoms with Crippen molar-refractivity contribution in [3.63, 3.8) is 0 Å². The lowest BCUT2D eigenvalue weighted by molar-refractivity contribution is 0.109. The Bertz CT molecular complexity index is 71.4. The van der Waals surface area contributed by atoms with Gasteiger partial charge in [0.15, 0.2) is 0 Å². The zero-order valence-electron chi connectivity index (χ0n) is 6.99. The third-order valence-corrected chi connectivity index (χ3v) is 0.846. The van der Waals surface area contributed by atoms with Crippen molar-refractivity contribution < 1.29 is 4.74 Å². The summed E-state index contributed by atoms with van der Waals surface area (Å²) in [7, 11) is 0. The Kier molecular flexibility index (Phi) is 6.34. The third-order valence-electron chi connectivity index (χ3n) is 0.846. The molecule has 1 saturated heterocycles. The Morgan fingerprint density at radius 3 is 1.64 bits per heavy atom. The lowest BCUT2D eigenvalue weighted by Crippen LogP contribution is -2.30. The van der Waals surface area contributed by atoms with Gasteiger partial charge in [-0.05, 0) is 13.8 Å². The van der Waals surface area contributed by atoms with Crippen molar-refractivity contribution in [2.75, 3.05) is 26.3 Å². The molecular weight excluding hydrogens is 185 g/mol. The van der Waals surface area contributed by atoms with Gasteiger partial charge in [0.05, 0.1) is 13.2 Å². The van der Waals surface area contributed by atoms with Crippen LogP contribution in [0.2, 0.25) is 0 Å². The van der Waals surface area contributed by atoms with Crippen LogP contribution in [-0.2, 0) is 4.74 Å². The fraction of sp³-hybridized carbons (Fsp3) is 1.00. The summed E-state index contributed by atoms with van der Waals surface area (Å²) in [4.78, 5) is 0. The van der Waals surface area contributed by atoms with Gasteiger partial charge in [-0.25, -0.2) is 0 Å². The van der Waals surface area contributed by atoms with Crippen LogP contribution in [0, 0.1) is 0 Å². The Balaban J connectivity index is 0.000000187. The highest BCUT2D eigenvalue weighted by molar-refractivity contribution is 6.47. The second-order valence-corrected chi connectivity index (χ2v) is 4.77. The molecule has 2 nitrogen and oxygen atoms in total. The van der Waals surface area contributed by atoms with E-state index in [0.29, 0.717) is 0 Å². The first-order valence-corrected chi connectivity index (χ1v) is 4.42. The molecule has 0 aromatic heterocycles. The Hall–Kier alpha value is 0.500. The molecule has 1 rings (SSSR count). The van der Waals surface area contributed by atoms with Gasteiger partial charge >= 0.3 is 0 Å². The average molecular weight is 200 g/mol. The number of rotatable bonds is 0. The number of alkyl halides is 2. The quantitative estimate of drug-likeness (QED) is 0.602. The highest BCUT2D eigenvalue weighted by Gasteiger charge is 2.03. The van der Waals surface area contributed by atoms with Crippen LogP contribution in [-0.4, -0.2) is 30.6 Å². The fourth-order valence-electron chi connectivity index (χ4n) is 0.516.